The van der Waals surface area contributed by atoms with Crippen LogP contribution in [-0.4, -0.2) is 57.6 Å². The van der Waals surface area contributed by atoms with Crippen molar-refractivity contribution in [1.29, 1.82) is 0 Å². The largest absolute Gasteiger partial charge is 0.491 e. The van der Waals surface area contributed by atoms with Crippen LogP contribution in [-0.2, 0) is 12.8 Å². The maximum absolute atomic E-state index is 15.6. The smallest absolute Gasteiger partial charge is 0.255 e. The van der Waals surface area contributed by atoms with Crippen molar-refractivity contribution >= 4 is 45.4 Å². The predicted octanol–water partition coefficient (Wildman–Crippen LogP) is 6.16. The lowest BCUT2D eigenvalue weighted by Crippen LogP contribution is -2.32. The lowest BCUT2D eigenvalue weighted by Gasteiger charge is -2.25. The molecular weight excluding hydrogens is 639 g/mol. The molecule has 1 aliphatic carbocycles. The predicted molar refractivity (Wildman–Crippen MR) is 165 cm³/mol. The number of carbonyl (C=O) groups is 1. The van der Waals surface area contributed by atoms with Crippen molar-refractivity contribution in [1.82, 2.24) is 24.8 Å². The van der Waals surface area contributed by atoms with Gasteiger partial charge in [0, 0.05) is 34.3 Å². The van der Waals surface area contributed by atoms with Crippen LogP contribution in [0.5, 0.6) is 5.75 Å². The fourth-order valence-electron chi connectivity index (χ4n) is 6.43. The Morgan fingerprint density at radius 2 is 1.82 bits per heavy atom. The number of benzene rings is 2. The Balaban J connectivity index is 1.27. The Morgan fingerprint density at radius 1 is 1.02 bits per heavy atom. The number of aromatic nitrogens is 3. The molecule has 1 saturated heterocycles. The van der Waals surface area contributed by atoms with E-state index in [0.717, 1.165) is 59.1 Å². The zero-order valence-corrected chi connectivity index (χ0v) is 25.2. The molecule has 4 aromatic rings. The molecule has 2 unspecified atom stereocenters. The minimum absolute atomic E-state index is 0.141. The molecular formula is C30H30FIN5O2P. The van der Waals surface area contributed by atoms with Gasteiger partial charge in [0.15, 0.2) is 5.65 Å². The van der Waals surface area contributed by atoms with Crippen molar-refractivity contribution in [2.45, 2.75) is 44.6 Å². The summed E-state index contributed by atoms with van der Waals surface area (Å²) in [6, 6.07) is 12.0. The Bertz CT molecular complexity index is 1620. The minimum Gasteiger partial charge on any atom is -0.491 e. The highest BCUT2D eigenvalue weighted by molar-refractivity contribution is 14.2. The molecule has 10 heteroatoms. The number of hydrogen-bond acceptors (Lipinski definition) is 5. The first-order valence-corrected chi connectivity index (χ1v) is 18.0. The van der Waals surface area contributed by atoms with Gasteiger partial charge in [0.25, 0.3) is 5.91 Å². The summed E-state index contributed by atoms with van der Waals surface area (Å²) in [7, 11) is 0. The van der Waals surface area contributed by atoms with Gasteiger partial charge in [-0.05, 0) is 115 Å². The van der Waals surface area contributed by atoms with Crippen molar-refractivity contribution in [3.8, 4) is 28.1 Å². The number of pyridine rings is 1. The number of likely N-dealkylation sites (tertiary alicyclic amines) is 1. The molecule has 0 spiro atoms. The van der Waals surface area contributed by atoms with E-state index in [4.69, 9.17) is 14.8 Å². The minimum atomic E-state index is -0.200. The molecule has 3 aliphatic rings. The van der Waals surface area contributed by atoms with E-state index in [9.17, 15) is 4.79 Å². The Hall–Kier alpha value is -2.62. The number of halogens is 2. The number of hydrogen-bond donors (Lipinski definition) is 1. The number of nitrogens with zero attached hydrogens (tertiary/aromatic N) is 4. The van der Waals surface area contributed by atoms with E-state index >= 15 is 4.39 Å². The molecule has 0 radical (unpaired) electrons. The maximum Gasteiger partial charge on any atom is 0.255 e. The lowest BCUT2D eigenvalue weighted by atomic mass is 9.96. The standard InChI is InChI=1S/C30H30FIN5O2P/c31-26-15-19-4-7-22(36-10-1-2-11-36)6-3-18(19)13-24(26)21-14-25-28(35-37(40-32)29(25)34-17-21)20-5-8-23-27(16-20)39-12-9-33-30(23)38/h5,8,13-17,22,40H,1-4,6-7,9-12H2,(H,33,38). The zero-order chi connectivity index (χ0) is 27.2. The van der Waals surface area contributed by atoms with Gasteiger partial charge in [-0.3, -0.25) is 4.79 Å². The van der Waals surface area contributed by atoms with Crippen molar-refractivity contribution in [2.24, 2.45) is 0 Å². The monoisotopic (exact) mass is 669 g/mol. The number of aryl methyl sites for hydroxylation is 2. The molecule has 7 nitrogen and oxygen atoms in total. The topological polar surface area (TPSA) is 72.3 Å². The molecule has 0 bridgehead atoms. The summed E-state index contributed by atoms with van der Waals surface area (Å²) in [5.41, 5.74) is 6.58. The summed E-state index contributed by atoms with van der Waals surface area (Å²) in [4.78, 5) is 19.8. The summed E-state index contributed by atoms with van der Waals surface area (Å²) in [5, 5.41) is 8.55. The van der Waals surface area contributed by atoms with Gasteiger partial charge in [-0.1, -0.05) is 6.07 Å². The lowest BCUT2D eigenvalue weighted by molar-refractivity contribution is 0.0957. The summed E-state index contributed by atoms with van der Waals surface area (Å²) in [6.07, 6.45) is 8.83. The van der Waals surface area contributed by atoms with Crippen LogP contribution in [0.3, 0.4) is 0 Å². The number of carbonyl (C=O) groups excluding carboxylic acids is 1. The van der Waals surface area contributed by atoms with Crippen LogP contribution >= 0.6 is 28.4 Å². The number of nitrogens with one attached hydrogen (secondary N) is 1. The molecule has 4 heterocycles. The van der Waals surface area contributed by atoms with Crippen LogP contribution in [0.25, 0.3) is 33.4 Å². The number of amides is 1. The first kappa shape index (κ1) is 26.3. The molecule has 2 aliphatic heterocycles. The summed E-state index contributed by atoms with van der Waals surface area (Å²) in [6.45, 7) is 3.27. The van der Waals surface area contributed by atoms with Crippen molar-refractivity contribution < 1.29 is 13.9 Å². The third-order valence-electron chi connectivity index (χ3n) is 8.50. The van der Waals surface area contributed by atoms with Gasteiger partial charge in [0.1, 0.15) is 23.9 Å². The third-order valence-corrected chi connectivity index (χ3v) is 10.3. The Morgan fingerprint density at radius 3 is 2.62 bits per heavy atom. The fourth-order valence-corrected chi connectivity index (χ4v) is 7.83. The second-order valence-corrected chi connectivity index (χ2v) is 12.9. The van der Waals surface area contributed by atoms with Crippen LogP contribution in [0.15, 0.2) is 42.6 Å². The molecule has 1 fully saturated rings. The normalized spacial score (nSPS) is 19.8. The zero-order valence-electron chi connectivity index (χ0n) is 22.1. The van der Waals surface area contributed by atoms with Crippen LogP contribution < -0.4 is 10.1 Å². The second-order valence-electron chi connectivity index (χ2n) is 10.8. The average molecular weight is 669 g/mol. The summed E-state index contributed by atoms with van der Waals surface area (Å²) >= 11 is 2.29. The van der Waals surface area contributed by atoms with E-state index in [1.54, 1.807) is 18.3 Å². The number of rotatable bonds is 4. The molecule has 7 rings (SSSR count). The highest BCUT2D eigenvalue weighted by atomic mass is 127. The molecule has 2 aromatic carbocycles. The van der Waals surface area contributed by atoms with E-state index < -0.39 is 0 Å². The van der Waals surface area contributed by atoms with Crippen molar-refractivity contribution in [3.63, 3.8) is 0 Å². The molecule has 2 aromatic heterocycles. The highest BCUT2D eigenvalue weighted by Gasteiger charge is 2.26. The molecule has 40 heavy (non-hydrogen) atoms. The van der Waals surface area contributed by atoms with Crippen LogP contribution in [0.1, 0.15) is 47.2 Å². The maximum atomic E-state index is 15.6. The first-order chi connectivity index (χ1) is 19.6. The van der Waals surface area contributed by atoms with Crippen LogP contribution in [0, 0.1) is 5.82 Å². The van der Waals surface area contributed by atoms with Gasteiger partial charge in [-0.2, -0.15) is 5.10 Å². The van der Waals surface area contributed by atoms with E-state index in [-0.39, 0.29) is 11.7 Å². The fraction of sp³-hybridized carbons (Fsp3) is 0.367. The van der Waals surface area contributed by atoms with Gasteiger partial charge >= 0.3 is 0 Å². The quantitative estimate of drug-likeness (QED) is 0.160. The summed E-state index contributed by atoms with van der Waals surface area (Å²) in [5.74, 6) is 0.200. The van der Waals surface area contributed by atoms with E-state index in [0.29, 0.717) is 42.4 Å². The summed E-state index contributed by atoms with van der Waals surface area (Å²) < 4.78 is 23.4. The molecule has 0 saturated carbocycles. The van der Waals surface area contributed by atoms with Gasteiger partial charge in [-0.25, -0.2) is 13.8 Å². The van der Waals surface area contributed by atoms with Crippen LogP contribution in [0.4, 0.5) is 4.39 Å². The number of fused-ring (bicyclic) bond motifs is 3. The van der Waals surface area contributed by atoms with Crippen LogP contribution in [0.2, 0.25) is 0 Å². The molecule has 1 amide bonds. The van der Waals surface area contributed by atoms with Crippen molar-refractivity contribution in [2.75, 3.05) is 26.2 Å². The van der Waals surface area contributed by atoms with Gasteiger partial charge < -0.3 is 15.0 Å². The molecule has 2 atom stereocenters. The Kier molecular flexibility index (Phi) is 7.22. The van der Waals surface area contributed by atoms with Gasteiger partial charge in [0.2, 0.25) is 0 Å². The van der Waals surface area contributed by atoms with Gasteiger partial charge in [-0.15, -0.1) is 0 Å². The van der Waals surface area contributed by atoms with E-state index in [1.807, 2.05) is 22.7 Å². The van der Waals surface area contributed by atoms with Gasteiger partial charge in [0.05, 0.1) is 18.5 Å². The first-order valence-electron chi connectivity index (χ1n) is 14.0. The molecule has 206 valence electrons. The number of ether oxygens (including phenoxy) is 1. The van der Waals surface area contributed by atoms with Crippen molar-refractivity contribution in [3.05, 3.63) is 65.1 Å². The van der Waals surface area contributed by atoms with E-state index in [2.05, 4.69) is 38.3 Å². The third kappa shape index (κ3) is 4.80. The average Bonchev–Trinajstić information content (AvgIpc) is 3.54. The SMILES string of the molecule is O=C1NCCOc2cc(-c3nn(PI)c4ncc(-c5cc6c(cc5F)CCC(N5CCCC5)CC6)cc34)ccc21. The molecule has 1 N–H and O–H groups in total. The van der Waals surface area contributed by atoms with E-state index in [1.165, 1.54) is 31.5 Å². The Labute approximate surface area is 247 Å². The highest BCUT2D eigenvalue weighted by Crippen LogP contribution is 2.38. The second kappa shape index (κ2) is 11.0.